The van der Waals surface area contributed by atoms with Crippen LogP contribution in [0.25, 0.3) is 33.3 Å². The summed E-state index contributed by atoms with van der Waals surface area (Å²) in [5, 5.41) is 19.9. The van der Waals surface area contributed by atoms with Gasteiger partial charge < -0.3 is 19.4 Å². The summed E-state index contributed by atoms with van der Waals surface area (Å²) in [6.45, 7) is 7.01. The molecule has 1 heterocycles. The first-order valence-corrected chi connectivity index (χ1v) is 12.2. The number of unbranched alkanes of at least 4 members (excludes halogenated alkanes) is 2. The lowest BCUT2D eigenvalue weighted by Gasteiger charge is -2.18. The van der Waals surface area contributed by atoms with E-state index in [1.165, 1.54) is 5.56 Å². The molecule has 0 amide bonds. The topological polar surface area (TPSA) is 110 Å². The zero-order valence-electron chi connectivity index (χ0n) is 20.8. The van der Waals surface area contributed by atoms with Gasteiger partial charge in [-0.15, -0.1) is 0 Å². The SMILES string of the molecule is CC(C)(C)c1ccc2oc(-c3ccc4cc(OCCCCCC(C(=O)O)C(=O)O)ccc4c3)nc2c1. The predicted molar refractivity (Wildman–Crippen MR) is 138 cm³/mol. The van der Waals surface area contributed by atoms with Crippen LogP contribution in [0.4, 0.5) is 0 Å². The van der Waals surface area contributed by atoms with Crippen molar-refractivity contribution in [3.8, 4) is 17.2 Å². The molecule has 0 saturated heterocycles. The quantitative estimate of drug-likeness (QED) is 0.189. The highest BCUT2D eigenvalue weighted by Gasteiger charge is 2.24. The minimum absolute atomic E-state index is 0.0415. The molecule has 0 atom stereocenters. The molecule has 1 aromatic heterocycles. The molecular weight excluding hydrogens is 458 g/mol. The van der Waals surface area contributed by atoms with Crippen LogP contribution in [0.3, 0.4) is 0 Å². The molecular formula is C29H31NO6. The first-order chi connectivity index (χ1) is 17.1. The van der Waals surface area contributed by atoms with Gasteiger partial charge in [0.25, 0.3) is 0 Å². The standard InChI is InChI=1S/C29H31NO6/c1-29(2,3)21-11-13-25-24(17-21)30-26(36-25)20-9-8-19-16-22(12-10-18(19)15-20)35-14-6-4-5-7-23(27(31)32)28(33)34/h8-13,15-17,23H,4-7,14H2,1-3H3,(H,31,32)(H,33,34). The number of ether oxygens (including phenoxy) is 1. The van der Waals surface area contributed by atoms with E-state index in [0.717, 1.165) is 39.6 Å². The van der Waals surface area contributed by atoms with Crippen molar-refractivity contribution in [3.05, 3.63) is 60.2 Å². The van der Waals surface area contributed by atoms with E-state index in [1.807, 2.05) is 36.4 Å². The molecule has 4 aromatic rings. The minimum atomic E-state index is -1.34. The Hall–Kier alpha value is -3.87. The monoisotopic (exact) mass is 489 g/mol. The van der Waals surface area contributed by atoms with Crippen LogP contribution >= 0.6 is 0 Å². The Kier molecular flexibility index (Phi) is 7.29. The molecule has 0 aliphatic rings. The lowest BCUT2D eigenvalue weighted by molar-refractivity contribution is -0.154. The highest BCUT2D eigenvalue weighted by Crippen LogP contribution is 2.31. The van der Waals surface area contributed by atoms with Crippen molar-refractivity contribution in [1.29, 1.82) is 0 Å². The first-order valence-electron chi connectivity index (χ1n) is 12.2. The van der Waals surface area contributed by atoms with Gasteiger partial charge in [0.1, 0.15) is 11.3 Å². The number of carboxylic acids is 2. The predicted octanol–water partition coefficient (Wildman–Crippen LogP) is 6.67. The smallest absolute Gasteiger partial charge is 0.317 e. The number of aliphatic carboxylic acids is 2. The summed E-state index contributed by atoms with van der Waals surface area (Å²) in [6.07, 6.45) is 2.08. The molecule has 0 saturated carbocycles. The fraction of sp³-hybridized carbons (Fsp3) is 0.345. The second-order valence-corrected chi connectivity index (χ2v) is 10.1. The number of oxazole rings is 1. The maximum absolute atomic E-state index is 10.9. The fourth-order valence-corrected chi connectivity index (χ4v) is 4.13. The Morgan fingerprint density at radius 3 is 2.36 bits per heavy atom. The van der Waals surface area contributed by atoms with Gasteiger partial charge in [0.2, 0.25) is 5.89 Å². The van der Waals surface area contributed by atoms with Crippen molar-refractivity contribution in [2.45, 2.75) is 51.9 Å². The summed E-state index contributed by atoms with van der Waals surface area (Å²) in [5.41, 5.74) is 3.78. The third-order valence-corrected chi connectivity index (χ3v) is 6.31. The van der Waals surface area contributed by atoms with Crippen molar-refractivity contribution in [2.75, 3.05) is 6.61 Å². The lowest BCUT2D eigenvalue weighted by Crippen LogP contribution is -2.23. The van der Waals surface area contributed by atoms with Crippen LogP contribution in [0.1, 0.15) is 52.0 Å². The van der Waals surface area contributed by atoms with Crippen molar-refractivity contribution < 1.29 is 29.0 Å². The number of carboxylic acid groups (broad SMARTS) is 2. The van der Waals surface area contributed by atoms with Crippen LogP contribution in [-0.2, 0) is 15.0 Å². The van der Waals surface area contributed by atoms with Gasteiger partial charge in [0, 0.05) is 5.56 Å². The zero-order valence-corrected chi connectivity index (χ0v) is 20.8. The van der Waals surface area contributed by atoms with E-state index in [4.69, 9.17) is 24.4 Å². The highest BCUT2D eigenvalue weighted by molar-refractivity contribution is 5.92. The van der Waals surface area contributed by atoms with Gasteiger partial charge in [0.05, 0.1) is 6.61 Å². The second-order valence-electron chi connectivity index (χ2n) is 10.1. The van der Waals surface area contributed by atoms with E-state index in [9.17, 15) is 9.59 Å². The van der Waals surface area contributed by atoms with Gasteiger partial charge in [-0.05, 0) is 71.0 Å². The van der Waals surface area contributed by atoms with Crippen LogP contribution < -0.4 is 4.74 Å². The number of benzene rings is 3. The van der Waals surface area contributed by atoms with E-state index >= 15 is 0 Å². The lowest BCUT2D eigenvalue weighted by atomic mass is 9.87. The molecule has 3 aromatic carbocycles. The number of nitrogens with zero attached hydrogens (tertiary/aromatic N) is 1. The number of fused-ring (bicyclic) bond motifs is 2. The summed E-state index contributed by atoms with van der Waals surface area (Å²) < 4.78 is 11.9. The summed E-state index contributed by atoms with van der Waals surface area (Å²) in [7, 11) is 0. The summed E-state index contributed by atoms with van der Waals surface area (Å²) in [4.78, 5) is 26.6. The molecule has 2 N–H and O–H groups in total. The van der Waals surface area contributed by atoms with Gasteiger partial charge in [-0.25, -0.2) is 4.98 Å². The molecule has 36 heavy (non-hydrogen) atoms. The largest absolute Gasteiger partial charge is 0.494 e. The minimum Gasteiger partial charge on any atom is -0.494 e. The maximum Gasteiger partial charge on any atom is 0.317 e. The average Bonchev–Trinajstić information content (AvgIpc) is 3.25. The molecule has 0 aliphatic carbocycles. The van der Waals surface area contributed by atoms with E-state index in [0.29, 0.717) is 25.3 Å². The van der Waals surface area contributed by atoms with E-state index in [1.54, 1.807) is 0 Å². The van der Waals surface area contributed by atoms with Crippen LogP contribution in [0, 0.1) is 5.92 Å². The second kappa shape index (κ2) is 10.4. The van der Waals surface area contributed by atoms with E-state index in [-0.39, 0.29) is 11.8 Å². The molecule has 0 aliphatic heterocycles. The van der Waals surface area contributed by atoms with E-state index < -0.39 is 17.9 Å². The highest BCUT2D eigenvalue weighted by atomic mass is 16.5. The zero-order chi connectivity index (χ0) is 25.9. The molecule has 188 valence electrons. The fourth-order valence-electron chi connectivity index (χ4n) is 4.13. The third-order valence-electron chi connectivity index (χ3n) is 6.31. The average molecular weight is 490 g/mol. The summed E-state index contributed by atoms with van der Waals surface area (Å²) >= 11 is 0. The molecule has 7 heteroatoms. The Labute approximate surface area is 209 Å². The summed E-state index contributed by atoms with van der Waals surface area (Å²) in [5.74, 6) is -2.58. The van der Waals surface area contributed by atoms with Crippen LogP contribution in [0.15, 0.2) is 59.0 Å². The molecule has 4 rings (SSSR count). The Morgan fingerprint density at radius 2 is 1.64 bits per heavy atom. The number of rotatable bonds is 10. The number of aromatic nitrogens is 1. The number of carbonyl (C=O) groups is 2. The molecule has 0 spiro atoms. The summed E-state index contributed by atoms with van der Waals surface area (Å²) in [6, 6.07) is 18.1. The molecule has 0 unspecified atom stereocenters. The van der Waals surface area contributed by atoms with Crippen molar-refractivity contribution >= 4 is 33.8 Å². The molecule has 0 fully saturated rings. The van der Waals surface area contributed by atoms with Crippen LogP contribution in [0.5, 0.6) is 5.75 Å². The third kappa shape index (κ3) is 5.85. The van der Waals surface area contributed by atoms with Crippen molar-refractivity contribution in [2.24, 2.45) is 5.92 Å². The van der Waals surface area contributed by atoms with E-state index in [2.05, 4.69) is 39.0 Å². The van der Waals surface area contributed by atoms with Gasteiger partial charge in [-0.3, -0.25) is 9.59 Å². The van der Waals surface area contributed by atoms with Gasteiger partial charge in [0.15, 0.2) is 11.5 Å². The molecule has 0 radical (unpaired) electrons. The Morgan fingerprint density at radius 1 is 0.917 bits per heavy atom. The van der Waals surface area contributed by atoms with Crippen molar-refractivity contribution in [1.82, 2.24) is 4.98 Å². The Bertz CT molecular complexity index is 1380. The van der Waals surface area contributed by atoms with Crippen molar-refractivity contribution in [3.63, 3.8) is 0 Å². The maximum atomic E-state index is 10.9. The normalized spacial score (nSPS) is 11.9. The van der Waals surface area contributed by atoms with Gasteiger partial charge in [-0.2, -0.15) is 0 Å². The number of hydrogen-bond donors (Lipinski definition) is 2. The number of hydrogen-bond acceptors (Lipinski definition) is 5. The molecule has 7 nitrogen and oxygen atoms in total. The molecule has 0 bridgehead atoms. The van der Waals surface area contributed by atoms with Gasteiger partial charge in [-0.1, -0.05) is 51.8 Å². The first kappa shape index (κ1) is 25.2. The van der Waals surface area contributed by atoms with Gasteiger partial charge >= 0.3 is 11.9 Å². The Balaban J connectivity index is 1.37. The van der Waals surface area contributed by atoms with Crippen LogP contribution in [-0.4, -0.2) is 33.7 Å². The van der Waals surface area contributed by atoms with Crippen LogP contribution in [0.2, 0.25) is 0 Å².